The summed E-state index contributed by atoms with van der Waals surface area (Å²) in [6, 6.07) is -1.15. The molecule has 0 fully saturated rings. The fourth-order valence-electron chi connectivity index (χ4n) is 5.13. The maximum absolute atomic E-state index is 12.0. The maximum Gasteiger partial charge on any atom is 0.326 e. The van der Waals surface area contributed by atoms with Crippen molar-refractivity contribution in [3.8, 4) is 0 Å². The van der Waals surface area contributed by atoms with E-state index in [1.807, 2.05) is 6.92 Å². The van der Waals surface area contributed by atoms with E-state index in [4.69, 9.17) is 24.1 Å². The molecular weight excluding hydrogens is 674 g/mol. The third kappa shape index (κ3) is 35.3. The summed E-state index contributed by atoms with van der Waals surface area (Å²) in [4.78, 5) is 57.9. The Morgan fingerprint density at radius 3 is 1.42 bits per heavy atom. The number of allylic oxidation sites excluding steroid dienone is 2. The first-order valence-electron chi connectivity index (χ1n) is 19.4. The Morgan fingerprint density at radius 1 is 0.538 bits per heavy atom. The molecule has 0 bridgehead atoms. The summed E-state index contributed by atoms with van der Waals surface area (Å²) >= 11 is 0. The van der Waals surface area contributed by atoms with E-state index in [0.717, 1.165) is 25.7 Å². The Morgan fingerprint density at radius 2 is 0.962 bits per heavy atom. The number of aliphatic carboxylic acids is 1. The Kier molecular flexibility index (Phi) is 34.2. The van der Waals surface area contributed by atoms with Crippen LogP contribution in [-0.2, 0) is 42.9 Å². The van der Waals surface area contributed by atoms with E-state index in [1.165, 1.54) is 77.6 Å². The number of rotatable bonds is 38. The van der Waals surface area contributed by atoms with Crippen LogP contribution in [0.4, 0.5) is 0 Å². The molecule has 0 aromatic rings. The monoisotopic (exact) mass is 743 g/mol. The van der Waals surface area contributed by atoms with E-state index in [-0.39, 0.29) is 76.6 Å². The number of aliphatic hydroxyl groups excluding tert-OH is 1. The first kappa shape index (κ1) is 48.9. The van der Waals surface area contributed by atoms with Crippen molar-refractivity contribution in [3.63, 3.8) is 0 Å². The lowest BCUT2D eigenvalue weighted by molar-refractivity contribution is -0.143. The Bertz CT molecular complexity index is 978. The number of hydrogen-bond acceptors (Lipinski definition) is 10. The van der Waals surface area contributed by atoms with Crippen LogP contribution in [0.15, 0.2) is 11.8 Å². The van der Waals surface area contributed by atoms with Gasteiger partial charge in [-0.3, -0.25) is 14.4 Å². The lowest BCUT2D eigenvalue weighted by Gasteiger charge is -2.14. The van der Waals surface area contributed by atoms with Gasteiger partial charge in [0.25, 0.3) is 0 Å². The molecule has 5 N–H and O–H groups in total. The van der Waals surface area contributed by atoms with Crippen LogP contribution in [-0.4, -0.2) is 112 Å². The van der Waals surface area contributed by atoms with Crippen LogP contribution in [0, 0.1) is 0 Å². The lowest BCUT2D eigenvalue weighted by atomic mass is 10.0. The third-order valence-corrected chi connectivity index (χ3v) is 8.19. The average Bonchev–Trinajstić information content (AvgIpc) is 3.11. The molecule has 0 spiro atoms. The largest absolute Gasteiger partial charge is 0.513 e. The van der Waals surface area contributed by atoms with E-state index in [1.54, 1.807) is 6.08 Å². The summed E-state index contributed by atoms with van der Waals surface area (Å²) in [7, 11) is 0. The number of amides is 3. The van der Waals surface area contributed by atoms with Crippen molar-refractivity contribution in [2.24, 2.45) is 0 Å². The molecule has 0 saturated heterocycles. The standard InChI is InChI=1S/C38H69N3O11/c1-3-33(43)18-16-14-12-10-8-6-4-5-7-9-11-13-15-17-19-35(44)39-22-24-49-26-28-51-30-36(45)40-23-25-50-27-29-52-31-37(46)41-34(38(47)48)21-20-32(2)42/h3,34,43H,4-31H2,1-2H3,(H,39,44)(H,40,45)(H,41,46)(H,47,48)/t34-/m0/s1. The summed E-state index contributed by atoms with van der Waals surface area (Å²) < 4.78 is 21.2. The zero-order valence-electron chi connectivity index (χ0n) is 32.0. The van der Waals surface area contributed by atoms with Gasteiger partial charge < -0.3 is 49.9 Å². The first-order valence-corrected chi connectivity index (χ1v) is 19.4. The van der Waals surface area contributed by atoms with Gasteiger partial charge in [-0.1, -0.05) is 77.0 Å². The van der Waals surface area contributed by atoms with Gasteiger partial charge in [-0.15, -0.1) is 0 Å². The summed E-state index contributed by atoms with van der Waals surface area (Å²) in [5.74, 6) is -1.71. The highest BCUT2D eigenvalue weighted by Gasteiger charge is 2.20. The second-order valence-corrected chi connectivity index (χ2v) is 13.0. The molecule has 302 valence electrons. The Balaban J connectivity index is 3.42. The number of hydrogen-bond donors (Lipinski definition) is 5. The highest BCUT2D eigenvalue weighted by Crippen LogP contribution is 2.14. The number of ketones is 1. The zero-order chi connectivity index (χ0) is 38.5. The Labute approximate surface area is 311 Å². The normalized spacial score (nSPS) is 12.0. The second kappa shape index (κ2) is 36.3. The van der Waals surface area contributed by atoms with Gasteiger partial charge >= 0.3 is 5.97 Å². The molecule has 0 rings (SSSR count). The van der Waals surface area contributed by atoms with Gasteiger partial charge in [0, 0.05) is 32.4 Å². The van der Waals surface area contributed by atoms with Crippen LogP contribution in [0.5, 0.6) is 0 Å². The van der Waals surface area contributed by atoms with E-state index in [2.05, 4.69) is 16.0 Å². The smallest absolute Gasteiger partial charge is 0.326 e. The van der Waals surface area contributed by atoms with Crippen LogP contribution in [0.2, 0.25) is 0 Å². The molecule has 0 radical (unpaired) electrons. The number of Topliss-reactive ketones (excluding diaryl/α,β-unsaturated/α-hetero) is 1. The zero-order valence-corrected chi connectivity index (χ0v) is 32.0. The van der Waals surface area contributed by atoms with Crippen molar-refractivity contribution >= 4 is 29.5 Å². The highest BCUT2D eigenvalue weighted by molar-refractivity contribution is 5.85. The van der Waals surface area contributed by atoms with Crippen LogP contribution in [0.3, 0.4) is 0 Å². The van der Waals surface area contributed by atoms with Gasteiger partial charge in [-0.2, -0.15) is 0 Å². The molecule has 3 amide bonds. The summed E-state index contributed by atoms with van der Waals surface area (Å²) in [5, 5.41) is 26.4. The van der Waals surface area contributed by atoms with Gasteiger partial charge in [0.05, 0.1) is 45.4 Å². The van der Waals surface area contributed by atoms with Crippen LogP contribution < -0.4 is 16.0 Å². The van der Waals surface area contributed by atoms with E-state index < -0.39 is 17.9 Å². The van der Waals surface area contributed by atoms with Crippen LogP contribution >= 0.6 is 0 Å². The average molecular weight is 744 g/mol. The van der Waals surface area contributed by atoms with Crippen molar-refractivity contribution in [1.82, 2.24) is 16.0 Å². The predicted octanol–water partition coefficient (Wildman–Crippen LogP) is 4.93. The molecule has 52 heavy (non-hydrogen) atoms. The van der Waals surface area contributed by atoms with Gasteiger partial charge in [0.1, 0.15) is 25.0 Å². The number of unbranched alkanes of at least 4 members (excludes halogenated alkanes) is 13. The molecule has 0 aliphatic carbocycles. The molecule has 0 aliphatic heterocycles. The van der Waals surface area contributed by atoms with Crippen molar-refractivity contribution in [2.45, 2.75) is 135 Å². The fourth-order valence-corrected chi connectivity index (χ4v) is 5.13. The summed E-state index contributed by atoms with van der Waals surface area (Å²) in [6.45, 7) is 4.93. The van der Waals surface area contributed by atoms with Crippen molar-refractivity contribution in [3.05, 3.63) is 11.8 Å². The lowest BCUT2D eigenvalue weighted by Crippen LogP contribution is -2.42. The number of ether oxygens (including phenoxy) is 4. The van der Waals surface area contributed by atoms with Gasteiger partial charge in [-0.25, -0.2) is 4.79 Å². The number of carbonyl (C=O) groups is 5. The molecule has 0 aromatic carbocycles. The molecule has 14 nitrogen and oxygen atoms in total. The van der Waals surface area contributed by atoms with Crippen molar-refractivity contribution in [2.75, 3.05) is 65.9 Å². The molecule has 0 heterocycles. The van der Waals surface area contributed by atoms with Crippen LogP contribution in [0.25, 0.3) is 0 Å². The molecule has 0 unspecified atom stereocenters. The van der Waals surface area contributed by atoms with Gasteiger partial charge in [0.2, 0.25) is 17.7 Å². The quantitative estimate of drug-likeness (QED) is 0.0425. The SMILES string of the molecule is CC=C(O)CCCCCCCCCCCCCCCCC(=O)NCCOCCOCC(=O)NCCOCCOCC(=O)N[C@@H](CCC(C)=O)C(=O)O. The number of nitrogens with one attached hydrogen (secondary N) is 3. The highest BCUT2D eigenvalue weighted by atomic mass is 16.5. The maximum atomic E-state index is 12.0. The summed E-state index contributed by atoms with van der Waals surface area (Å²) in [5.41, 5.74) is 0. The van der Waals surface area contributed by atoms with E-state index in [9.17, 15) is 29.1 Å². The topological polar surface area (TPSA) is 199 Å². The third-order valence-electron chi connectivity index (χ3n) is 8.19. The minimum Gasteiger partial charge on any atom is -0.513 e. The number of carbonyl (C=O) groups excluding carboxylic acids is 4. The fraction of sp³-hybridized carbons (Fsp3) is 0.816. The molecule has 0 aliphatic rings. The predicted molar refractivity (Wildman–Crippen MR) is 199 cm³/mol. The molecule has 0 aromatic heterocycles. The molecular formula is C38H69N3O11. The first-order chi connectivity index (χ1) is 25.1. The Hall–Kier alpha value is -3.07. The van der Waals surface area contributed by atoms with Crippen LogP contribution in [0.1, 0.15) is 129 Å². The van der Waals surface area contributed by atoms with Crippen molar-refractivity contribution < 1.29 is 53.1 Å². The molecule has 1 atom stereocenters. The number of carboxylic acid groups (broad SMARTS) is 1. The van der Waals surface area contributed by atoms with Gasteiger partial charge in [-0.05, 0) is 39.2 Å². The molecule has 14 heteroatoms. The van der Waals surface area contributed by atoms with Gasteiger partial charge in [0.15, 0.2) is 0 Å². The molecule has 0 saturated carbocycles. The summed E-state index contributed by atoms with van der Waals surface area (Å²) in [6.07, 6.45) is 20.3. The minimum absolute atomic E-state index is 0.0153. The van der Waals surface area contributed by atoms with Crippen molar-refractivity contribution in [1.29, 1.82) is 0 Å². The van der Waals surface area contributed by atoms with E-state index in [0.29, 0.717) is 31.9 Å². The van der Waals surface area contributed by atoms with E-state index >= 15 is 0 Å². The number of carboxylic acids is 1. The number of aliphatic hydroxyl groups is 1. The minimum atomic E-state index is -1.21. The second-order valence-electron chi connectivity index (χ2n) is 13.0.